The molecule has 1 unspecified atom stereocenters. The topological polar surface area (TPSA) is 78.9 Å². The summed E-state index contributed by atoms with van der Waals surface area (Å²) in [6.07, 6.45) is 73.8. The molecule has 0 fully saturated rings. The van der Waals surface area contributed by atoms with Gasteiger partial charge in [-0.2, -0.15) is 0 Å². The van der Waals surface area contributed by atoms with Crippen molar-refractivity contribution in [2.75, 3.05) is 13.2 Å². The van der Waals surface area contributed by atoms with E-state index in [0.29, 0.717) is 19.3 Å². The van der Waals surface area contributed by atoms with Crippen LogP contribution in [0.2, 0.25) is 0 Å². The smallest absolute Gasteiger partial charge is 0.306 e. The molecule has 0 rings (SSSR count). The van der Waals surface area contributed by atoms with Crippen LogP contribution in [0, 0.1) is 0 Å². The number of esters is 3. The molecular formula is C66H124O6. The van der Waals surface area contributed by atoms with Gasteiger partial charge in [-0.25, -0.2) is 0 Å². The SMILES string of the molecule is CCCCCCC/C=C\C/C=C\CCCCCCCCCCCCCCCCCCCCCCCCCC(=O)OCC(COC(=O)CCCCCCCCCC)OC(=O)CCCCCCCCCCCCC. The molecule has 6 nitrogen and oxygen atoms in total. The van der Waals surface area contributed by atoms with Crippen molar-refractivity contribution in [1.29, 1.82) is 0 Å². The molecule has 72 heavy (non-hydrogen) atoms. The molecule has 1 atom stereocenters. The maximum Gasteiger partial charge on any atom is 0.306 e. The van der Waals surface area contributed by atoms with E-state index in [4.69, 9.17) is 14.2 Å². The summed E-state index contributed by atoms with van der Waals surface area (Å²) in [5.74, 6) is -0.847. The third kappa shape index (κ3) is 58.8. The summed E-state index contributed by atoms with van der Waals surface area (Å²) < 4.78 is 16.8. The number of unbranched alkanes of at least 4 members (excludes halogenated alkanes) is 45. The Bertz CT molecular complexity index is 1160. The normalized spacial score (nSPS) is 12.1. The Morgan fingerprint density at radius 3 is 0.764 bits per heavy atom. The highest BCUT2D eigenvalue weighted by atomic mass is 16.6. The Labute approximate surface area is 449 Å². The average molecular weight is 1010 g/mol. The van der Waals surface area contributed by atoms with Crippen LogP contribution in [-0.2, 0) is 28.6 Å². The number of ether oxygens (including phenoxy) is 3. The van der Waals surface area contributed by atoms with Crippen LogP contribution in [0.4, 0.5) is 0 Å². The van der Waals surface area contributed by atoms with E-state index >= 15 is 0 Å². The maximum absolute atomic E-state index is 12.8. The number of carbonyl (C=O) groups excluding carboxylic acids is 3. The van der Waals surface area contributed by atoms with Crippen molar-refractivity contribution in [2.24, 2.45) is 0 Å². The predicted molar refractivity (Wildman–Crippen MR) is 312 cm³/mol. The van der Waals surface area contributed by atoms with Crippen molar-refractivity contribution in [3.63, 3.8) is 0 Å². The van der Waals surface area contributed by atoms with E-state index in [9.17, 15) is 14.4 Å². The molecule has 0 aromatic rings. The Kier molecular flexibility index (Phi) is 59.6. The number of rotatable bonds is 60. The first-order valence-corrected chi connectivity index (χ1v) is 32.3. The Balaban J connectivity index is 3.87. The Hall–Kier alpha value is -2.11. The zero-order valence-electron chi connectivity index (χ0n) is 48.7. The van der Waals surface area contributed by atoms with Crippen molar-refractivity contribution in [2.45, 2.75) is 367 Å². The summed E-state index contributed by atoms with van der Waals surface area (Å²) in [7, 11) is 0. The second kappa shape index (κ2) is 61.4. The van der Waals surface area contributed by atoms with E-state index in [0.717, 1.165) is 64.2 Å². The lowest BCUT2D eigenvalue weighted by Crippen LogP contribution is -2.30. The van der Waals surface area contributed by atoms with Crippen LogP contribution in [0.25, 0.3) is 0 Å². The van der Waals surface area contributed by atoms with Crippen LogP contribution in [0.1, 0.15) is 361 Å². The molecule has 0 heterocycles. The molecule has 0 aliphatic heterocycles. The highest BCUT2D eigenvalue weighted by Gasteiger charge is 2.19. The molecule has 0 aliphatic carbocycles. The summed E-state index contributed by atoms with van der Waals surface area (Å²) in [6, 6.07) is 0. The Morgan fingerprint density at radius 2 is 0.500 bits per heavy atom. The zero-order valence-corrected chi connectivity index (χ0v) is 48.7. The second-order valence-corrected chi connectivity index (χ2v) is 22.0. The summed E-state index contributed by atoms with van der Waals surface area (Å²) in [6.45, 7) is 6.64. The van der Waals surface area contributed by atoms with Gasteiger partial charge in [0.2, 0.25) is 0 Å². The van der Waals surface area contributed by atoms with Crippen molar-refractivity contribution >= 4 is 17.9 Å². The summed E-state index contributed by atoms with van der Waals surface area (Å²) in [5.41, 5.74) is 0. The molecule has 0 N–H and O–H groups in total. The zero-order chi connectivity index (χ0) is 52.2. The summed E-state index contributed by atoms with van der Waals surface area (Å²) in [4.78, 5) is 37.9. The van der Waals surface area contributed by atoms with Crippen molar-refractivity contribution < 1.29 is 28.6 Å². The monoisotopic (exact) mass is 1010 g/mol. The van der Waals surface area contributed by atoms with Gasteiger partial charge in [0.05, 0.1) is 0 Å². The van der Waals surface area contributed by atoms with Crippen LogP contribution in [-0.4, -0.2) is 37.2 Å². The minimum atomic E-state index is -0.762. The van der Waals surface area contributed by atoms with Crippen LogP contribution in [0.3, 0.4) is 0 Å². The molecule has 424 valence electrons. The van der Waals surface area contributed by atoms with Crippen LogP contribution in [0.5, 0.6) is 0 Å². The van der Waals surface area contributed by atoms with Gasteiger partial charge in [-0.15, -0.1) is 0 Å². The van der Waals surface area contributed by atoms with E-state index in [1.165, 1.54) is 257 Å². The first-order chi connectivity index (χ1) is 35.5. The fraction of sp³-hybridized carbons (Fsp3) is 0.894. The van der Waals surface area contributed by atoms with Gasteiger partial charge < -0.3 is 14.2 Å². The van der Waals surface area contributed by atoms with Gasteiger partial charge in [0.25, 0.3) is 0 Å². The first kappa shape index (κ1) is 69.9. The molecule has 0 saturated heterocycles. The molecule has 6 heteroatoms. The highest BCUT2D eigenvalue weighted by Crippen LogP contribution is 2.18. The van der Waals surface area contributed by atoms with Crippen molar-refractivity contribution in [3.8, 4) is 0 Å². The molecule has 0 aromatic heterocycles. The second-order valence-electron chi connectivity index (χ2n) is 22.0. The highest BCUT2D eigenvalue weighted by molar-refractivity contribution is 5.71. The van der Waals surface area contributed by atoms with Gasteiger partial charge in [-0.1, -0.05) is 315 Å². The van der Waals surface area contributed by atoms with Gasteiger partial charge in [-0.05, 0) is 51.4 Å². The largest absolute Gasteiger partial charge is 0.462 e. The third-order valence-corrected chi connectivity index (χ3v) is 14.7. The van der Waals surface area contributed by atoms with Crippen molar-refractivity contribution in [1.82, 2.24) is 0 Å². The average Bonchev–Trinajstić information content (AvgIpc) is 3.38. The van der Waals surface area contributed by atoms with Crippen LogP contribution >= 0.6 is 0 Å². The van der Waals surface area contributed by atoms with Gasteiger partial charge >= 0.3 is 17.9 Å². The minimum absolute atomic E-state index is 0.0640. The van der Waals surface area contributed by atoms with E-state index in [2.05, 4.69) is 45.1 Å². The molecular weight excluding hydrogens is 889 g/mol. The molecule has 0 aromatic carbocycles. The lowest BCUT2D eigenvalue weighted by Gasteiger charge is -2.18. The van der Waals surface area contributed by atoms with E-state index in [-0.39, 0.29) is 31.1 Å². The fourth-order valence-corrected chi connectivity index (χ4v) is 9.83. The van der Waals surface area contributed by atoms with Gasteiger partial charge in [0.1, 0.15) is 13.2 Å². The molecule has 0 amide bonds. The van der Waals surface area contributed by atoms with E-state index in [1.807, 2.05) is 0 Å². The number of hydrogen-bond acceptors (Lipinski definition) is 6. The van der Waals surface area contributed by atoms with Gasteiger partial charge in [-0.3, -0.25) is 14.4 Å². The minimum Gasteiger partial charge on any atom is -0.462 e. The predicted octanol–water partition coefficient (Wildman–Crippen LogP) is 21.8. The molecule has 0 bridgehead atoms. The Morgan fingerprint density at radius 1 is 0.278 bits per heavy atom. The van der Waals surface area contributed by atoms with Crippen molar-refractivity contribution in [3.05, 3.63) is 24.3 Å². The lowest BCUT2D eigenvalue weighted by atomic mass is 10.0. The molecule has 0 radical (unpaired) electrons. The number of allylic oxidation sites excluding steroid dienone is 4. The summed E-state index contributed by atoms with van der Waals surface area (Å²) >= 11 is 0. The standard InChI is InChI=1S/C66H124O6/c1-4-7-10-13-16-19-21-22-23-24-25-26-27-28-29-30-31-32-33-34-35-36-37-38-39-40-41-42-43-44-46-47-50-53-56-59-65(68)71-62-63(61-70-64(67)58-55-52-49-18-15-12-9-6-3)72-66(69)60-57-54-51-48-45-20-17-14-11-8-5-2/h21-22,24-25,63H,4-20,23,26-62H2,1-3H3/b22-21-,25-24-. The summed E-state index contributed by atoms with van der Waals surface area (Å²) in [5, 5.41) is 0. The molecule has 0 aliphatic rings. The number of hydrogen-bond donors (Lipinski definition) is 0. The van der Waals surface area contributed by atoms with Crippen LogP contribution in [0.15, 0.2) is 24.3 Å². The molecule has 0 saturated carbocycles. The molecule has 0 spiro atoms. The number of carbonyl (C=O) groups is 3. The maximum atomic E-state index is 12.8. The first-order valence-electron chi connectivity index (χ1n) is 32.3. The van der Waals surface area contributed by atoms with E-state index < -0.39 is 6.10 Å². The van der Waals surface area contributed by atoms with Gasteiger partial charge in [0, 0.05) is 19.3 Å². The van der Waals surface area contributed by atoms with E-state index in [1.54, 1.807) is 0 Å². The van der Waals surface area contributed by atoms with Gasteiger partial charge in [0.15, 0.2) is 6.10 Å². The third-order valence-electron chi connectivity index (χ3n) is 14.7. The van der Waals surface area contributed by atoms with Crippen LogP contribution < -0.4 is 0 Å². The lowest BCUT2D eigenvalue weighted by molar-refractivity contribution is -0.167. The quantitative estimate of drug-likeness (QED) is 0.0261. The fourth-order valence-electron chi connectivity index (χ4n) is 9.83.